The van der Waals surface area contributed by atoms with Crippen LogP contribution < -0.4 is 22.5 Å². The number of rotatable bonds is 5. The predicted octanol–water partition coefficient (Wildman–Crippen LogP) is 0.855. The highest BCUT2D eigenvalue weighted by molar-refractivity contribution is 5.72. The van der Waals surface area contributed by atoms with Crippen molar-refractivity contribution in [2.75, 3.05) is 0 Å². The van der Waals surface area contributed by atoms with E-state index in [4.69, 9.17) is 0 Å². The third kappa shape index (κ3) is 2.59. The molecule has 0 aliphatic heterocycles. The third-order valence-corrected chi connectivity index (χ3v) is 6.12. The minimum absolute atomic E-state index is 0.0329. The fourth-order valence-corrected chi connectivity index (χ4v) is 3.79. The summed E-state index contributed by atoms with van der Waals surface area (Å²) in [4.78, 5) is 53.1. The molecule has 2 aliphatic rings. The topological polar surface area (TPSA) is 98.9 Å². The van der Waals surface area contributed by atoms with Gasteiger partial charge in [0, 0.05) is 19.6 Å². The van der Waals surface area contributed by atoms with Crippen LogP contribution in [0.2, 0.25) is 0 Å². The number of nitrogens with one attached hydrogen (secondary N) is 1. The summed E-state index contributed by atoms with van der Waals surface area (Å²) >= 11 is 0. The molecule has 0 aromatic carbocycles. The summed E-state index contributed by atoms with van der Waals surface area (Å²) in [5.41, 5.74) is -1.93. The summed E-state index contributed by atoms with van der Waals surface area (Å²) in [6, 6.07) is -0.145. The van der Waals surface area contributed by atoms with Gasteiger partial charge in [0.2, 0.25) is 0 Å². The number of aromatic nitrogens is 4. The van der Waals surface area contributed by atoms with E-state index in [0.717, 1.165) is 36.7 Å². The zero-order valence-corrected chi connectivity index (χ0v) is 15.2. The van der Waals surface area contributed by atoms with E-state index in [1.54, 1.807) is 0 Å². The van der Waals surface area contributed by atoms with Gasteiger partial charge in [-0.15, -0.1) is 0 Å². The Labute approximate surface area is 149 Å². The summed E-state index contributed by atoms with van der Waals surface area (Å²) in [6.45, 7) is 2.58. The molecule has 2 aliphatic carbocycles. The molecule has 2 saturated carbocycles. The van der Waals surface area contributed by atoms with E-state index in [2.05, 4.69) is 11.9 Å². The van der Waals surface area contributed by atoms with Crippen LogP contribution in [0.3, 0.4) is 0 Å². The van der Waals surface area contributed by atoms with Crippen molar-refractivity contribution < 1.29 is 0 Å². The van der Waals surface area contributed by atoms with Gasteiger partial charge in [0.05, 0.1) is 0 Å². The quantitative estimate of drug-likeness (QED) is 0.855. The number of fused-ring (bicyclic) bond motifs is 1. The van der Waals surface area contributed by atoms with Crippen molar-refractivity contribution in [2.45, 2.75) is 64.5 Å². The minimum atomic E-state index is -0.634. The first-order valence-electron chi connectivity index (χ1n) is 9.31. The summed E-state index contributed by atoms with van der Waals surface area (Å²) in [5.74, 6) is 0. The first-order chi connectivity index (χ1) is 12.3. The van der Waals surface area contributed by atoms with Crippen LogP contribution in [0.4, 0.5) is 0 Å². The standard InChI is InChI=1S/C18H24N4O4/c1-18(8-9-18)7-4-10-21-13-12(14(23)20(2)17(21)26)19-16(25)22(15(13)24)11-5-3-6-11/h11H,3-10H2,1-2H3,(H,19,25). The lowest BCUT2D eigenvalue weighted by molar-refractivity contribution is 0.297. The van der Waals surface area contributed by atoms with Crippen LogP contribution in [0.1, 0.15) is 57.9 Å². The van der Waals surface area contributed by atoms with Crippen LogP contribution in [-0.4, -0.2) is 18.7 Å². The van der Waals surface area contributed by atoms with Crippen molar-refractivity contribution in [2.24, 2.45) is 12.5 Å². The molecule has 0 atom stereocenters. The van der Waals surface area contributed by atoms with Crippen molar-refractivity contribution >= 4 is 11.0 Å². The molecule has 2 fully saturated rings. The highest BCUT2D eigenvalue weighted by Gasteiger charge is 2.36. The van der Waals surface area contributed by atoms with E-state index >= 15 is 0 Å². The number of nitrogens with zero attached hydrogens (tertiary/aromatic N) is 3. The molecule has 0 unspecified atom stereocenters. The Bertz CT molecular complexity index is 1110. The van der Waals surface area contributed by atoms with Gasteiger partial charge in [-0.05, 0) is 50.4 Å². The van der Waals surface area contributed by atoms with E-state index in [9.17, 15) is 19.2 Å². The lowest BCUT2D eigenvalue weighted by Crippen LogP contribution is -2.47. The lowest BCUT2D eigenvalue weighted by atomic mass is 9.93. The van der Waals surface area contributed by atoms with Crippen LogP contribution in [0, 0.1) is 5.41 Å². The van der Waals surface area contributed by atoms with Gasteiger partial charge in [0.1, 0.15) is 11.0 Å². The van der Waals surface area contributed by atoms with Crippen LogP contribution >= 0.6 is 0 Å². The Morgan fingerprint density at radius 3 is 2.38 bits per heavy atom. The van der Waals surface area contributed by atoms with Gasteiger partial charge < -0.3 is 4.98 Å². The third-order valence-electron chi connectivity index (χ3n) is 6.12. The molecule has 2 heterocycles. The average molecular weight is 360 g/mol. The maximum absolute atomic E-state index is 13.0. The SMILES string of the molecule is Cn1c(=O)c2[nH]c(=O)n(C3CCC3)c(=O)c2n(CCCC2(C)CC2)c1=O. The molecule has 0 saturated heterocycles. The molecule has 26 heavy (non-hydrogen) atoms. The molecule has 2 aromatic heterocycles. The Hall–Kier alpha value is -2.38. The molecule has 1 N–H and O–H groups in total. The van der Waals surface area contributed by atoms with Crippen molar-refractivity contribution in [3.63, 3.8) is 0 Å². The summed E-state index contributed by atoms with van der Waals surface area (Å²) in [7, 11) is 1.37. The van der Waals surface area contributed by atoms with Crippen LogP contribution in [0.25, 0.3) is 11.0 Å². The molecular weight excluding hydrogens is 336 g/mol. The number of H-pyrrole nitrogens is 1. The predicted molar refractivity (Wildman–Crippen MR) is 97.8 cm³/mol. The molecule has 0 bridgehead atoms. The second kappa shape index (κ2) is 5.82. The Morgan fingerprint density at radius 2 is 1.81 bits per heavy atom. The van der Waals surface area contributed by atoms with E-state index < -0.39 is 22.5 Å². The molecule has 2 aromatic rings. The maximum atomic E-state index is 13.0. The maximum Gasteiger partial charge on any atom is 0.331 e. The zero-order chi connectivity index (χ0) is 18.6. The number of aryl methyl sites for hydroxylation is 1. The fourth-order valence-electron chi connectivity index (χ4n) is 3.79. The fraction of sp³-hybridized carbons (Fsp3) is 0.667. The number of hydrogen-bond donors (Lipinski definition) is 1. The van der Waals surface area contributed by atoms with Crippen LogP contribution in [0.15, 0.2) is 19.2 Å². The van der Waals surface area contributed by atoms with Gasteiger partial charge in [-0.1, -0.05) is 6.92 Å². The second-order valence-corrected chi connectivity index (χ2v) is 8.13. The van der Waals surface area contributed by atoms with Gasteiger partial charge in [-0.25, -0.2) is 9.59 Å². The van der Waals surface area contributed by atoms with E-state index in [1.165, 1.54) is 29.0 Å². The van der Waals surface area contributed by atoms with Gasteiger partial charge in [0.15, 0.2) is 0 Å². The number of aromatic amines is 1. The highest BCUT2D eigenvalue weighted by Crippen LogP contribution is 2.48. The minimum Gasteiger partial charge on any atom is -0.301 e. The first-order valence-corrected chi connectivity index (χ1v) is 9.31. The smallest absolute Gasteiger partial charge is 0.301 e. The van der Waals surface area contributed by atoms with Crippen LogP contribution in [-0.2, 0) is 13.6 Å². The van der Waals surface area contributed by atoms with Crippen molar-refractivity contribution in [1.82, 2.24) is 18.7 Å². The first kappa shape index (κ1) is 17.1. The summed E-state index contributed by atoms with van der Waals surface area (Å²) in [6.07, 6.45) is 6.62. The van der Waals surface area contributed by atoms with Gasteiger partial charge in [-0.3, -0.25) is 23.3 Å². The zero-order valence-electron chi connectivity index (χ0n) is 15.2. The molecule has 4 rings (SSSR count). The summed E-state index contributed by atoms with van der Waals surface area (Å²) in [5, 5.41) is 0. The van der Waals surface area contributed by atoms with E-state index in [-0.39, 0.29) is 17.1 Å². The number of hydrogen-bond acceptors (Lipinski definition) is 4. The Morgan fingerprint density at radius 1 is 1.12 bits per heavy atom. The molecule has 0 radical (unpaired) electrons. The van der Waals surface area contributed by atoms with Crippen molar-refractivity contribution in [1.29, 1.82) is 0 Å². The largest absolute Gasteiger partial charge is 0.331 e. The van der Waals surface area contributed by atoms with E-state index in [1.807, 2.05) is 0 Å². The molecule has 8 heteroatoms. The van der Waals surface area contributed by atoms with E-state index in [0.29, 0.717) is 12.0 Å². The van der Waals surface area contributed by atoms with Gasteiger partial charge >= 0.3 is 11.4 Å². The Balaban J connectivity index is 1.90. The van der Waals surface area contributed by atoms with Crippen molar-refractivity contribution in [3.8, 4) is 0 Å². The van der Waals surface area contributed by atoms with Gasteiger partial charge in [-0.2, -0.15) is 0 Å². The molecule has 8 nitrogen and oxygen atoms in total. The van der Waals surface area contributed by atoms with Gasteiger partial charge in [0.25, 0.3) is 11.1 Å². The highest BCUT2D eigenvalue weighted by atomic mass is 16.2. The van der Waals surface area contributed by atoms with Crippen LogP contribution in [0.5, 0.6) is 0 Å². The molecule has 0 spiro atoms. The Kier molecular flexibility index (Phi) is 3.82. The van der Waals surface area contributed by atoms with Crippen molar-refractivity contribution in [3.05, 3.63) is 41.7 Å². The summed E-state index contributed by atoms with van der Waals surface area (Å²) < 4.78 is 3.52. The monoisotopic (exact) mass is 360 g/mol. The molecule has 140 valence electrons. The second-order valence-electron chi connectivity index (χ2n) is 8.13. The lowest BCUT2D eigenvalue weighted by Gasteiger charge is -2.26. The average Bonchev–Trinajstić information content (AvgIpc) is 3.28. The normalized spacial score (nSPS) is 18.8. The molecular formula is C18H24N4O4. The molecule has 0 amide bonds.